The summed E-state index contributed by atoms with van der Waals surface area (Å²) < 4.78 is 0. The molecule has 0 spiro atoms. The van der Waals surface area contributed by atoms with E-state index in [9.17, 15) is 10.2 Å². The zero-order valence-corrected chi connectivity index (χ0v) is 13.8. The quantitative estimate of drug-likeness (QED) is 0.358. The zero-order chi connectivity index (χ0) is 16.0. The van der Waals surface area contributed by atoms with E-state index in [0.29, 0.717) is 6.61 Å². The van der Waals surface area contributed by atoms with Gasteiger partial charge < -0.3 is 15.3 Å². The largest absolute Gasteiger partial charge is 0.504 e. The van der Waals surface area contributed by atoms with Crippen molar-refractivity contribution >= 4 is 0 Å². The second kappa shape index (κ2) is 12.3. The van der Waals surface area contributed by atoms with E-state index in [-0.39, 0.29) is 11.5 Å². The van der Waals surface area contributed by atoms with Crippen LogP contribution in [-0.2, 0) is 6.42 Å². The smallest absolute Gasteiger partial charge is 0.157 e. The molecule has 0 bridgehead atoms. The first-order valence-corrected chi connectivity index (χ1v) is 8.86. The number of aromatic hydroxyl groups is 2. The number of hydrogen-bond acceptors (Lipinski definition) is 3. The predicted molar refractivity (Wildman–Crippen MR) is 91.3 cm³/mol. The summed E-state index contributed by atoms with van der Waals surface area (Å²) in [5.41, 5.74) is 1.10. The van der Waals surface area contributed by atoms with Crippen LogP contribution < -0.4 is 0 Å². The van der Waals surface area contributed by atoms with Gasteiger partial charge in [0.05, 0.1) is 0 Å². The number of benzene rings is 1. The van der Waals surface area contributed by atoms with Gasteiger partial charge in [0, 0.05) is 6.61 Å². The third-order valence-corrected chi connectivity index (χ3v) is 4.16. The molecule has 0 atom stereocenters. The number of aliphatic hydroxyl groups is 1. The van der Waals surface area contributed by atoms with Crippen molar-refractivity contribution in [1.29, 1.82) is 0 Å². The van der Waals surface area contributed by atoms with Crippen molar-refractivity contribution in [2.45, 2.75) is 77.0 Å². The first-order chi connectivity index (χ1) is 10.7. The van der Waals surface area contributed by atoms with Gasteiger partial charge in [0.25, 0.3) is 0 Å². The molecule has 0 saturated carbocycles. The first kappa shape index (κ1) is 18.8. The van der Waals surface area contributed by atoms with Gasteiger partial charge in [0.2, 0.25) is 0 Å². The highest BCUT2D eigenvalue weighted by atomic mass is 16.3. The van der Waals surface area contributed by atoms with Gasteiger partial charge in [-0.25, -0.2) is 0 Å². The molecule has 0 aliphatic carbocycles. The Hall–Kier alpha value is -1.22. The van der Waals surface area contributed by atoms with Gasteiger partial charge in [-0.1, -0.05) is 63.9 Å². The zero-order valence-electron chi connectivity index (χ0n) is 13.8. The van der Waals surface area contributed by atoms with E-state index in [4.69, 9.17) is 5.11 Å². The molecule has 0 amide bonds. The van der Waals surface area contributed by atoms with Crippen LogP contribution >= 0.6 is 0 Å². The molecule has 22 heavy (non-hydrogen) atoms. The fourth-order valence-corrected chi connectivity index (χ4v) is 2.76. The Morgan fingerprint density at radius 2 is 1.09 bits per heavy atom. The molecule has 3 nitrogen and oxygen atoms in total. The monoisotopic (exact) mass is 308 g/mol. The van der Waals surface area contributed by atoms with Gasteiger partial charge in [0.15, 0.2) is 11.5 Å². The standard InChI is InChI=1S/C19H32O3/c20-15-11-9-7-5-3-1-2-4-6-8-10-12-17-13-14-18(21)19(22)16-17/h13-14,16,20-22H,1-12,15H2. The molecule has 0 radical (unpaired) electrons. The molecular formula is C19H32O3. The molecule has 0 saturated heterocycles. The molecule has 1 aromatic rings. The summed E-state index contributed by atoms with van der Waals surface area (Å²) in [6.45, 7) is 0.337. The highest BCUT2D eigenvalue weighted by molar-refractivity contribution is 5.40. The first-order valence-electron chi connectivity index (χ1n) is 8.86. The van der Waals surface area contributed by atoms with Crippen LogP contribution in [0.4, 0.5) is 0 Å². The van der Waals surface area contributed by atoms with Gasteiger partial charge in [-0.15, -0.1) is 0 Å². The molecular weight excluding hydrogens is 276 g/mol. The minimum Gasteiger partial charge on any atom is -0.504 e. The Labute approximate surface area is 135 Å². The maximum atomic E-state index is 9.43. The van der Waals surface area contributed by atoms with Crippen LogP contribution in [0.25, 0.3) is 0 Å². The fraction of sp³-hybridized carbons (Fsp3) is 0.684. The van der Waals surface area contributed by atoms with Crippen LogP contribution in [0.15, 0.2) is 18.2 Å². The van der Waals surface area contributed by atoms with E-state index in [1.807, 2.05) is 6.07 Å². The lowest BCUT2D eigenvalue weighted by Crippen LogP contribution is -1.87. The van der Waals surface area contributed by atoms with Gasteiger partial charge >= 0.3 is 0 Å². The highest BCUT2D eigenvalue weighted by Gasteiger charge is 2.00. The topological polar surface area (TPSA) is 60.7 Å². The van der Waals surface area contributed by atoms with Gasteiger partial charge in [-0.05, 0) is 37.0 Å². The van der Waals surface area contributed by atoms with E-state index in [0.717, 1.165) is 24.8 Å². The Morgan fingerprint density at radius 1 is 0.591 bits per heavy atom. The van der Waals surface area contributed by atoms with Gasteiger partial charge in [-0.3, -0.25) is 0 Å². The minimum atomic E-state index is -0.0416. The third kappa shape index (κ3) is 8.93. The normalized spacial score (nSPS) is 11.0. The van der Waals surface area contributed by atoms with Crippen LogP contribution in [0.5, 0.6) is 11.5 Å². The predicted octanol–water partition coefficient (Wildman–Crippen LogP) is 4.92. The number of unbranched alkanes of at least 4 members (excludes halogenated alkanes) is 10. The number of hydrogen-bond donors (Lipinski definition) is 3. The third-order valence-electron chi connectivity index (χ3n) is 4.16. The van der Waals surface area contributed by atoms with E-state index in [1.54, 1.807) is 12.1 Å². The second-order valence-corrected chi connectivity index (χ2v) is 6.19. The summed E-state index contributed by atoms with van der Waals surface area (Å²) in [6.07, 6.45) is 14.7. The molecule has 1 aromatic carbocycles. The van der Waals surface area contributed by atoms with Crippen molar-refractivity contribution in [3.05, 3.63) is 23.8 Å². The maximum Gasteiger partial charge on any atom is 0.157 e. The average Bonchev–Trinajstić information content (AvgIpc) is 2.52. The fourth-order valence-electron chi connectivity index (χ4n) is 2.76. The van der Waals surface area contributed by atoms with Crippen LogP contribution in [0.1, 0.15) is 76.2 Å². The molecule has 0 unspecified atom stereocenters. The summed E-state index contributed by atoms with van der Waals surface area (Å²) in [4.78, 5) is 0. The van der Waals surface area contributed by atoms with Crippen molar-refractivity contribution in [2.24, 2.45) is 0 Å². The molecule has 0 aliphatic rings. The Balaban J connectivity index is 1.88. The molecule has 0 aliphatic heterocycles. The van der Waals surface area contributed by atoms with Crippen molar-refractivity contribution in [3.8, 4) is 11.5 Å². The molecule has 0 fully saturated rings. The average molecular weight is 308 g/mol. The molecule has 3 heteroatoms. The second-order valence-electron chi connectivity index (χ2n) is 6.19. The van der Waals surface area contributed by atoms with Crippen LogP contribution in [0.3, 0.4) is 0 Å². The molecule has 0 aromatic heterocycles. The van der Waals surface area contributed by atoms with Crippen molar-refractivity contribution < 1.29 is 15.3 Å². The lowest BCUT2D eigenvalue weighted by molar-refractivity contribution is 0.282. The SMILES string of the molecule is OCCCCCCCCCCCCCc1ccc(O)c(O)c1. The lowest BCUT2D eigenvalue weighted by atomic mass is 10.0. The maximum absolute atomic E-state index is 9.43. The van der Waals surface area contributed by atoms with Crippen LogP contribution in [0.2, 0.25) is 0 Å². The Kier molecular flexibility index (Phi) is 10.6. The van der Waals surface area contributed by atoms with Crippen molar-refractivity contribution in [1.82, 2.24) is 0 Å². The number of rotatable bonds is 13. The molecule has 126 valence electrons. The van der Waals surface area contributed by atoms with E-state index < -0.39 is 0 Å². The minimum absolute atomic E-state index is 0.0171. The number of phenols is 2. The molecule has 3 N–H and O–H groups in total. The van der Waals surface area contributed by atoms with E-state index >= 15 is 0 Å². The van der Waals surface area contributed by atoms with E-state index in [1.165, 1.54) is 57.8 Å². The van der Waals surface area contributed by atoms with Crippen LogP contribution in [0, 0.1) is 0 Å². The number of phenolic OH excluding ortho intramolecular Hbond substituents is 2. The summed E-state index contributed by atoms with van der Waals surface area (Å²) >= 11 is 0. The van der Waals surface area contributed by atoms with E-state index in [2.05, 4.69) is 0 Å². The lowest BCUT2D eigenvalue weighted by Gasteiger charge is -2.04. The summed E-state index contributed by atoms with van der Waals surface area (Å²) in [6, 6.07) is 5.10. The van der Waals surface area contributed by atoms with Crippen molar-refractivity contribution in [2.75, 3.05) is 6.61 Å². The number of aryl methyl sites for hydroxylation is 1. The summed E-state index contributed by atoms with van der Waals surface area (Å²) in [5.74, 6) is -0.0587. The van der Waals surface area contributed by atoms with Crippen molar-refractivity contribution in [3.63, 3.8) is 0 Å². The summed E-state index contributed by atoms with van der Waals surface area (Å²) in [5, 5.41) is 27.4. The molecule has 1 rings (SSSR count). The Morgan fingerprint density at radius 3 is 1.59 bits per heavy atom. The Bertz CT molecular complexity index is 390. The molecule has 0 heterocycles. The van der Waals surface area contributed by atoms with Crippen LogP contribution in [-0.4, -0.2) is 21.9 Å². The summed E-state index contributed by atoms with van der Waals surface area (Å²) in [7, 11) is 0. The van der Waals surface area contributed by atoms with Gasteiger partial charge in [0.1, 0.15) is 0 Å². The number of aliphatic hydroxyl groups excluding tert-OH is 1. The highest BCUT2D eigenvalue weighted by Crippen LogP contribution is 2.25. The van der Waals surface area contributed by atoms with Gasteiger partial charge in [-0.2, -0.15) is 0 Å².